The molecule has 0 heterocycles. The third kappa shape index (κ3) is 5.40. The summed E-state index contributed by atoms with van der Waals surface area (Å²) in [7, 11) is 0. The van der Waals surface area contributed by atoms with Crippen LogP contribution in [0.2, 0.25) is 0 Å². The van der Waals surface area contributed by atoms with Gasteiger partial charge in [0.15, 0.2) is 6.54 Å². The number of rotatable bonds is 8. The van der Waals surface area contributed by atoms with E-state index >= 15 is 0 Å². The first-order valence-electron chi connectivity index (χ1n) is 7.01. The Kier molecular flexibility index (Phi) is 6.73. The lowest BCUT2D eigenvalue weighted by Crippen LogP contribution is -3.13. The zero-order valence-electron chi connectivity index (χ0n) is 12.1. The molecule has 5 heteroatoms. The summed E-state index contributed by atoms with van der Waals surface area (Å²) in [6.45, 7) is 6.60. The Hall–Kier alpha value is -1.88. The molecule has 1 amide bonds. The van der Waals surface area contributed by atoms with Crippen LogP contribution in [0.3, 0.4) is 0 Å². The van der Waals surface area contributed by atoms with Gasteiger partial charge in [-0.25, -0.2) is 0 Å². The number of aromatic carboxylic acids is 1. The fourth-order valence-electron chi connectivity index (χ4n) is 2.13. The zero-order chi connectivity index (χ0) is 15.0. The first kappa shape index (κ1) is 16.2. The molecule has 0 spiro atoms. The van der Waals surface area contributed by atoms with Crippen LogP contribution in [0.5, 0.6) is 0 Å². The Morgan fingerprint density at radius 2 is 1.65 bits per heavy atom. The summed E-state index contributed by atoms with van der Waals surface area (Å²) in [6, 6.07) is 5.99. The number of hydrogen-bond acceptors (Lipinski definition) is 3. The largest absolute Gasteiger partial charge is 0.545 e. The van der Waals surface area contributed by atoms with E-state index in [9.17, 15) is 14.7 Å². The van der Waals surface area contributed by atoms with Crippen LogP contribution in [-0.2, 0) is 4.79 Å². The Morgan fingerprint density at radius 1 is 1.10 bits per heavy atom. The molecule has 0 aliphatic heterocycles. The molecule has 0 bridgehead atoms. The summed E-state index contributed by atoms with van der Waals surface area (Å²) in [5.74, 6) is -1.27. The number of hydrogen-bond donors (Lipinski definition) is 2. The maximum absolute atomic E-state index is 11.9. The minimum Gasteiger partial charge on any atom is -0.545 e. The van der Waals surface area contributed by atoms with E-state index in [0.29, 0.717) is 12.2 Å². The number of carboxylic acid groups (broad SMARTS) is 1. The SMILES string of the molecule is CCC[NH+](CCC)CC(=O)Nc1ccc(C(=O)[O-])cc1. The van der Waals surface area contributed by atoms with Crippen LogP contribution >= 0.6 is 0 Å². The van der Waals surface area contributed by atoms with Crippen LogP contribution in [0, 0.1) is 0 Å². The summed E-state index contributed by atoms with van der Waals surface area (Å²) in [5.41, 5.74) is 0.708. The average molecular weight is 278 g/mol. The van der Waals surface area contributed by atoms with E-state index in [0.717, 1.165) is 25.9 Å². The van der Waals surface area contributed by atoms with Gasteiger partial charge in [0.05, 0.1) is 19.1 Å². The van der Waals surface area contributed by atoms with Gasteiger partial charge < -0.3 is 20.1 Å². The normalized spacial score (nSPS) is 10.6. The molecule has 1 aromatic rings. The smallest absolute Gasteiger partial charge is 0.279 e. The third-order valence-electron chi connectivity index (χ3n) is 3.02. The number of benzene rings is 1. The number of carbonyl (C=O) groups is 2. The summed E-state index contributed by atoms with van der Waals surface area (Å²) in [4.78, 5) is 23.8. The lowest BCUT2D eigenvalue weighted by molar-refractivity contribution is -0.891. The van der Waals surface area contributed by atoms with Crippen molar-refractivity contribution in [1.82, 2.24) is 0 Å². The lowest BCUT2D eigenvalue weighted by atomic mass is 10.2. The number of carboxylic acids is 1. The van der Waals surface area contributed by atoms with E-state index in [1.54, 1.807) is 12.1 Å². The van der Waals surface area contributed by atoms with Crippen LogP contribution < -0.4 is 15.3 Å². The van der Waals surface area contributed by atoms with Crippen LogP contribution in [0.25, 0.3) is 0 Å². The molecule has 1 rings (SSSR count). The van der Waals surface area contributed by atoms with Crippen molar-refractivity contribution in [3.63, 3.8) is 0 Å². The second kappa shape index (κ2) is 8.32. The van der Waals surface area contributed by atoms with Crippen molar-refractivity contribution in [3.05, 3.63) is 29.8 Å². The molecule has 0 aliphatic carbocycles. The van der Waals surface area contributed by atoms with E-state index < -0.39 is 5.97 Å². The van der Waals surface area contributed by atoms with E-state index in [4.69, 9.17) is 0 Å². The molecular formula is C15H22N2O3. The van der Waals surface area contributed by atoms with Crippen molar-refractivity contribution in [2.75, 3.05) is 25.0 Å². The topological polar surface area (TPSA) is 73.7 Å². The van der Waals surface area contributed by atoms with Gasteiger partial charge in [0, 0.05) is 5.69 Å². The van der Waals surface area contributed by atoms with Crippen LogP contribution in [0.4, 0.5) is 5.69 Å². The highest BCUT2D eigenvalue weighted by molar-refractivity contribution is 5.92. The molecule has 5 nitrogen and oxygen atoms in total. The molecular weight excluding hydrogens is 256 g/mol. The van der Waals surface area contributed by atoms with Crippen molar-refractivity contribution in [1.29, 1.82) is 0 Å². The molecule has 110 valence electrons. The van der Waals surface area contributed by atoms with Gasteiger partial charge in [-0.3, -0.25) is 4.79 Å². The summed E-state index contributed by atoms with van der Waals surface area (Å²) in [5, 5.41) is 13.4. The molecule has 2 N–H and O–H groups in total. The maximum Gasteiger partial charge on any atom is 0.279 e. The van der Waals surface area contributed by atoms with Gasteiger partial charge in [-0.2, -0.15) is 0 Å². The van der Waals surface area contributed by atoms with E-state index in [1.165, 1.54) is 17.0 Å². The molecule has 0 atom stereocenters. The van der Waals surface area contributed by atoms with E-state index in [-0.39, 0.29) is 11.5 Å². The van der Waals surface area contributed by atoms with Gasteiger partial charge in [-0.15, -0.1) is 0 Å². The van der Waals surface area contributed by atoms with Crippen molar-refractivity contribution in [3.8, 4) is 0 Å². The minimum atomic E-state index is -1.22. The molecule has 0 radical (unpaired) electrons. The standard InChI is InChI=1S/C15H22N2O3/c1-3-9-17(10-4-2)11-14(18)16-13-7-5-12(6-8-13)15(19)20/h5-8H,3-4,9-11H2,1-2H3,(H,16,18)(H,19,20). The van der Waals surface area contributed by atoms with Crippen LogP contribution in [0.15, 0.2) is 24.3 Å². The summed E-state index contributed by atoms with van der Waals surface area (Å²) < 4.78 is 0. The molecule has 0 aromatic heterocycles. The van der Waals surface area contributed by atoms with E-state index in [2.05, 4.69) is 19.2 Å². The van der Waals surface area contributed by atoms with Gasteiger partial charge in [-0.1, -0.05) is 26.0 Å². The Labute approximate surface area is 119 Å². The molecule has 0 saturated carbocycles. The minimum absolute atomic E-state index is 0.0527. The molecule has 0 unspecified atom stereocenters. The number of amides is 1. The number of quaternary nitrogens is 1. The Balaban J connectivity index is 2.54. The average Bonchev–Trinajstić information content (AvgIpc) is 2.39. The molecule has 0 fully saturated rings. The van der Waals surface area contributed by atoms with Crippen molar-refractivity contribution >= 4 is 17.6 Å². The molecule has 1 aromatic carbocycles. The highest BCUT2D eigenvalue weighted by Gasteiger charge is 2.12. The quantitative estimate of drug-likeness (QED) is 0.685. The number of anilines is 1. The monoisotopic (exact) mass is 278 g/mol. The zero-order valence-corrected chi connectivity index (χ0v) is 12.1. The lowest BCUT2D eigenvalue weighted by Gasteiger charge is -2.17. The molecule has 0 aliphatic rings. The van der Waals surface area contributed by atoms with Gasteiger partial charge in [0.1, 0.15) is 0 Å². The third-order valence-corrected chi connectivity index (χ3v) is 3.02. The van der Waals surface area contributed by atoms with Gasteiger partial charge in [0.2, 0.25) is 0 Å². The Morgan fingerprint density at radius 3 is 2.10 bits per heavy atom. The van der Waals surface area contributed by atoms with Gasteiger partial charge in [0.25, 0.3) is 5.91 Å². The fraction of sp³-hybridized carbons (Fsp3) is 0.467. The fourth-order valence-corrected chi connectivity index (χ4v) is 2.13. The first-order valence-corrected chi connectivity index (χ1v) is 7.01. The highest BCUT2D eigenvalue weighted by atomic mass is 16.4. The summed E-state index contributed by atoms with van der Waals surface area (Å²) >= 11 is 0. The highest BCUT2D eigenvalue weighted by Crippen LogP contribution is 2.08. The predicted molar refractivity (Wildman–Crippen MR) is 75.5 cm³/mol. The molecule has 0 saturated heterocycles. The second-order valence-electron chi connectivity index (χ2n) is 4.84. The van der Waals surface area contributed by atoms with Gasteiger partial charge >= 0.3 is 0 Å². The van der Waals surface area contributed by atoms with E-state index in [1.807, 2.05) is 0 Å². The molecule has 20 heavy (non-hydrogen) atoms. The predicted octanol–water partition coefficient (Wildman–Crippen LogP) is -0.306. The van der Waals surface area contributed by atoms with Crippen LogP contribution in [-0.4, -0.2) is 31.5 Å². The van der Waals surface area contributed by atoms with Crippen LogP contribution in [0.1, 0.15) is 37.0 Å². The van der Waals surface area contributed by atoms with Crippen molar-refractivity contribution in [2.24, 2.45) is 0 Å². The second-order valence-corrected chi connectivity index (χ2v) is 4.84. The van der Waals surface area contributed by atoms with Gasteiger partial charge in [-0.05, 0) is 30.5 Å². The summed E-state index contributed by atoms with van der Waals surface area (Å²) in [6.07, 6.45) is 2.09. The number of nitrogens with one attached hydrogen (secondary N) is 2. The maximum atomic E-state index is 11.9. The van der Waals surface area contributed by atoms with Crippen molar-refractivity contribution < 1.29 is 19.6 Å². The Bertz CT molecular complexity index is 437. The number of carbonyl (C=O) groups excluding carboxylic acids is 2. The first-order chi connectivity index (χ1) is 9.56. The van der Waals surface area contributed by atoms with Crippen molar-refractivity contribution in [2.45, 2.75) is 26.7 Å².